The number of carbonyl (C=O) groups is 2. The third kappa shape index (κ3) is 5.05. The second-order valence-corrected chi connectivity index (χ2v) is 10.6. The van der Waals surface area contributed by atoms with Crippen molar-refractivity contribution in [1.29, 1.82) is 0 Å². The third-order valence-corrected chi connectivity index (χ3v) is 7.27. The number of rotatable bonds is 7. The summed E-state index contributed by atoms with van der Waals surface area (Å²) >= 11 is 1.09. The van der Waals surface area contributed by atoms with Crippen molar-refractivity contribution in [2.45, 2.75) is 24.1 Å². The number of nitrogens with one attached hydrogen (secondary N) is 2. The molecule has 1 aromatic carbocycles. The van der Waals surface area contributed by atoms with Crippen molar-refractivity contribution >= 4 is 43.2 Å². The molecule has 0 saturated heterocycles. The van der Waals surface area contributed by atoms with E-state index in [1.165, 1.54) is 12.3 Å². The molecule has 0 radical (unpaired) electrons. The number of sulfone groups is 1. The number of fused-ring (bicyclic) bond motifs is 1. The maximum Gasteiger partial charge on any atom is 0.245 e. The lowest BCUT2D eigenvalue weighted by molar-refractivity contribution is -0.126. The first-order valence-electron chi connectivity index (χ1n) is 9.49. The average Bonchev–Trinajstić information content (AvgIpc) is 3.42. The Balaban J connectivity index is 1.59. The minimum atomic E-state index is -3.84. The van der Waals surface area contributed by atoms with Crippen LogP contribution in [-0.2, 0) is 19.4 Å². The molecule has 3 aromatic rings. The predicted octanol–water partition coefficient (Wildman–Crippen LogP) is 1.98. The molecular formula is C20H19FN4O4S2. The van der Waals surface area contributed by atoms with Gasteiger partial charge in [-0.3, -0.25) is 9.59 Å². The Bertz CT molecular complexity index is 1250. The van der Waals surface area contributed by atoms with E-state index in [-0.39, 0.29) is 23.5 Å². The molecule has 0 bridgehead atoms. The number of amides is 2. The Morgan fingerprint density at radius 2 is 1.97 bits per heavy atom. The Morgan fingerprint density at radius 1 is 1.23 bits per heavy atom. The van der Waals surface area contributed by atoms with Crippen LogP contribution in [0.3, 0.4) is 0 Å². The highest BCUT2D eigenvalue weighted by Gasteiger charge is 2.34. The summed E-state index contributed by atoms with van der Waals surface area (Å²) in [5.74, 6) is -1.74. The summed E-state index contributed by atoms with van der Waals surface area (Å²) in [5, 5.41) is 3.73. The van der Waals surface area contributed by atoms with Crippen LogP contribution in [-0.4, -0.2) is 49.0 Å². The van der Waals surface area contributed by atoms with E-state index in [1.807, 2.05) is 0 Å². The minimum Gasteiger partial charge on any atom is -0.352 e. The molecule has 1 unspecified atom stereocenters. The molecule has 11 heteroatoms. The lowest BCUT2D eigenvalue weighted by Crippen LogP contribution is -2.41. The summed E-state index contributed by atoms with van der Waals surface area (Å²) in [6.07, 6.45) is 4.17. The number of hydrogen-bond donors (Lipinski definition) is 2. The molecule has 1 saturated carbocycles. The summed E-state index contributed by atoms with van der Waals surface area (Å²) in [4.78, 5) is 32.5. The van der Waals surface area contributed by atoms with Crippen LogP contribution in [0.5, 0.6) is 0 Å². The average molecular weight is 463 g/mol. The van der Waals surface area contributed by atoms with Gasteiger partial charge in [-0.1, -0.05) is 6.07 Å². The molecule has 2 amide bonds. The second kappa shape index (κ2) is 8.31. The van der Waals surface area contributed by atoms with Gasteiger partial charge in [0.05, 0.1) is 16.8 Å². The van der Waals surface area contributed by atoms with Crippen LogP contribution in [0.2, 0.25) is 0 Å². The van der Waals surface area contributed by atoms with E-state index >= 15 is 0 Å². The lowest BCUT2D eigenvalue weighted by atomic mass is 10.1. The van der Waals surface area contributed by atoms with Crippen molar-refractivity contribution < 1.29 is 22.4 Å². The van der Waals surface area contributed by atoms with Gasteiger partial charge < -0.3 is 10.6 Å². The van der Waals surface area contributed by atoms with E-state index in [9.17, 15) is 22.4 Å². The Labute approximate surface area is 181 Å². The van der Waals surface area contributed by atoms with Crippen LogP contribution in [0, 0.1) is 5.95 Å². The molecule has 1 fully saturated rings. The summed E-state index contributed by atoms with van der Waals surface area (Å²) < 4.78 is 38.5. The Hall–Kier alpha value is -2.92. The van der Waals surface area contributed by atoms with Crippen molar-refractivity contribution in [3.8, 4) is 11.1 Å². The van der Waals surface area contributed by atoms with E-state index < -0.39 is 26.9 Å². The van der Waals surface area contributed by atoms with Gasteiger partial charge in [0, 0.05) is 24.1 Å². The van der Waals surface area contributed by atoms with E-state index in [1.54, 1.807) is 24.3 Å². The SMILES string of the molecule is CS(=O)(=O)C(C(=O)NCC(=O)NC1CC1)c1nc2cc(-c3ccc(F)nc3)ccc2s1. The first-order chi connectivity index (χ1) is 14.7. The van der Waals surface area contributed by atoms with Crippen LogP contribution in [0.4, 0.5) is 4.39 Å². The van der Waals surface area contributed by atoms with Gasteiger partial charge in [0.1, 0.15) is 5.01 Å². The van der Waals surface area contributed by atoms with E-state index in [2.05, 4.69) is 20.6 Å². The molecule has 31 heavy (non-hydrogen) atoms. The van der Waals surface area contributed by atoms with Crippen LogP contribution in [0.1, 0.15) is 23.1 Å². The quantitative estimate of drug-likeness (QED) is 0.519. The van der Waals surface area contributed by atoms with Gasteiger partial charge >= 0.3 is 0 Å². The maximum atomic E-state index is 13.1. The predicted molar refractivity (Wildman–Crippen MR) is 115 cm³/mol. The topological polar surface area (TPSA) is 118 Å². The number of pyridine rings is 1. The Morgan fingerprint density at radius 3 is 2.61 bits per heavy atom. The summed E-state index contributed by atoms with van der Waals surface area (Å²) in [6.45, 7) is -0.298. The number of halogens is 1. The lowest BCUT2D eigenvalue weighted by Gasteiger charge is -2.12. The number of carbonyl (C=O) groups excluding carboxylic acids is 2. The van der Waals surface area contributed by atoms with Gasteiger partial charge in [0.2, 0.25) is 17.8 Å². The van der Waals surface area contributed by atoms with Crippen molar-refractivity contribution in [2.75, 3.05) is 12.8 Å². The molecule has 4 rings (SSSR count). The molecule has 8 nitrogen and oxygen atoms in total. The number of thiazole rings is 1. The molecule has 0 spiro atoms. The molecule has 2 N–H and O–H groups in total. The molecule has 1 aliphatic rings. The van der Waals surface area contributed by atoms with Gasteiger partial charge in [-0.2, -0.15) is 4.39 Å². The van der Waals surface area contributed by atoms with Crippen LogP contribution in [0.15, 0.2) is 36.5 Å². The standard InChI is InChI=1S/C20H19FN4O4S2/c1-31(28,29)18(19(27)23-10-17(26)24-13-4-5-13)20-25-14-8-11(2-6-15(14)30-20)12-3-7-16(21)22-9-12/h2-3,6-9,13,18H,4-5,10H2,1H3,(H,23,27)(H,24,26). The van der Waals surface area contributed by atoms with Gasteiger partial charge in [-0.25, -0.2) is 18.4 Å². The third-order valence-electron chi connectivity index (χ3n) is 4.72. The number of hydrogen-bond acceptors (Lipinski definition) is 7. The summed E-state index contributed by atoms with van der Waals surface area (Å²) in [6, 6.07) is 8.24. The van der Waals surface area contributed by atoms with Crippen molar-refractivity contribution in [3.05, 3.63) is 47.5 Å². The number of nitrogens with zero attached hydrogens (tertiary/aromatic N) is 2. The monoisotopic (exact) mass is 462 g/mol. The largest absolute Gasteiger partial charge is 0.352 e. The van der Waals surface area contributed by atoms with E-state index in [0.717, 1.165) is 36.0 Å². The van der Waals surface area contributed by atoms with Gasteiger partial charge in [-0.05, 0) is 42.7 Å². The molecule has 162 valence electrons. The fourth-order valence-electron chi connectivity index (χ4n) is 3.04. The molecule has 1 aliphatic carbocycles. The van der Waals surface area contributed by atoms with Crippen molar-refractivity contribution in [2.24, 2.45) is 0 Å². The maximum absolute atomic E-state index is 13.1. The zero-order valence-corrected chi connectivity index (χ0v) is 18.1. The van der Waals surface area contributed by atoms with E-state index in [0.29, 0.717) is 15.8 Å². The number of benzene rings is 1. The highest BCUT2D eigenvalue weighted by atomic mass is 32.2. The van der Waals surface area contributed by atoms with Crippen LogP contribution >= 0.6 is 11.3 Å². The highest BCUT2D eigenvalue weighted by molar-refractivity contribution is 7.91. The normalized spacial score (nSPS) is 14.9. The molecule has 2 aromatic heterocycles. The highest BCUT2D eigenvalue weighted by Crippen LogP contribution is 2.33. The van der Waals surface area contributed by atoms with Crippen LogP contribution in [0.25, 0.3) is 21.3 Å². The summed E-state index contributed by atoms with van der Waals surface area (Å²) in [7, 11) is -3.84. The number of aromatic nitrogens is 2. The van der Waals surface area contributed by atoms with Gasteiger partial charge in [-0.15, -0.1) is 11.3 Å². The first-order valence-corrected chi connectivity index (χ1v) is 12.3. The fourth-order valence-corrected chi connectivity index (χ4v) is 5.53. The molecule has 2 heterocycles. The molecular weight excluding hydrogens is 443 g/mol. The van der Waals surface area contributed by atoms with Crippen molar-refractivity contribution in [1.82, 2.24) is 20.6 Å². The van der Waals surface area contributed by atoms with Gasteiger partial charge in [0.15, 0.2) is 15.1 Å². The molecule has 1 atom stereocenters. The van der Waals surface area contributed by atoms with Crippen molar-refractivity contribution in [3.63, 3.8) is 0 Å². The first kappa shape index (κ1) is 21.3. The summed E-state index contributed by atoms with van der Waals surface area (Å²) in [5.41, 5.74) is 1.92. The van der Waals surface area contributed by atoms with Crippen LogP contribution < -0.4 is 10.6 Å². The zero-order chi connectivity index (χ0) is 22.2. The smallest absolute Gasteiger partial charge is 0.245 e. The fraction of sp³-hybridized carbons (Fsp3) is 0.300. The van der Waals surface area contributed by atoms with E-state index in [4.69, 9.17) is 0 Å². The minimum absolute atomic E-state index is 0.118. The Kier molecular flexibility index (Phi) is 5.71. The van der Waals surface area contributed by atoms with Gasteiger partial charge in [0.25, 0.3) is 0 Å². The second-order valence-electron chi connectivity index (χ2n) is 7.37. The zero-order valence-electron chi connectivity index (χ0n) is 16.5. The molecule has 0 aliphatic heterocycles.